The molecule has 0 aliphatic heterocycles. The Balaban J connectivity index is 1.88. The number of carboxylic acid groups (broad SMARTS) is 1. The van der Waals surface area contributed by atoms with Crippen LogP contribution in [0.2, 0.25) is 5.02 Å². The van der Waals surface area contributed by atoms with E-state index in [1.54, 1.807) is 18.2 Å². The molecule has 2 rings (SSSR count). The molecule has 1 saturated carbocycles. The van der Waals surface area contributed by atoms with Gasteiger partial charge in [0, 0.05) is 15.1 Å². The highest BCUT2D eigenvalue weighted by atomic mass is 127. The molecule has 0 unspecified atom stereocenters. The van der Waals surface area contributed by atoms with Crippen molar-refractivity contribution in [1.82, 2.24) is 5.32 Å². The van der Waals surface area contributed by atoms with E-state index in [0.717, 1.165) is 22.8 Å². The fourth-order valence-electron chi connectivity index (χ4n) is 2.44. The Morgan fingerprint density at radius 3 is 2.62 bits per heavy atom. The Bertz CT molecular complexity index is 561. The van der Waals surface area contributed by atoms with Crippen LogP contribution in [0.4, 0.5) is 10.5 Å². The summed E-state index contributed by atoms with van der Waals surface area (Å²) < 4.78 is 0.846. The van der Waals surface area contributed by atoms with E-state index in [0.29, 0.717) is 17.3 Å². The van der Waals surface area contributed by atoms with Crippen LogP contribution >= 0.6 is 34.2 Å². The molecule has 0 aromatic heterocycles. The number of aliphatic carboxylic acids is 1. The molecule has 1 aliphatic carbocycles. The van der Waals surface area contributed by atoms with Gasteiger partial charge in [0.2, 0.25) is 0 Å². The quantitative estimate of drug-likeness (QED) is 0.633. The first-order chi connectivity index (χ1) is 9.90. The van der Waals surface area contributed by atoms with Gasteiger partial charge in [-0.15, -0.1) is 0 Å². The molecule has 1 fully saturated rings. The van der Waals surface area contributed by atoms with E-state index in [9.17, 15) is 9.59 Å². The second kappa shape index (κ2) is 6.83. The van der Waals surface area contributed by atoms with Crippen molar-refractivity contribution in [3.8, 4) is 0 Å². The molecule has 1 aliphatic rings. The van der Waals surface area contributed by atoms with E-state index in [1.807, 2.05) is 0 Å². The number of hydrogen-bond acceptors (Lipinski definition) is 2. The molecular formula is C14H16ClIN2O3. The number of anilines is 1. The number of nitrogens with one attached hydrogen (secondary N) is 2. The Morgan fingerprint density at radius 2 is 2.10 bits per heavy atom. The minimum absolute atomic E-state index is 0.103. The number of carbonyl (C=O) groups is 2. The number of urea groups is 1. The van der Waals surface area contributed by atoms with Crippen LogP contribution in [0, 0.1) is 8.99 Å². The summed E-state index contributed by atoms with van der Waals surface area (Å²) in [6.45, 7) is 0.384. The van der Waals surface area contributed by atoms with Crippen LogP contribution in [0.1, 0.15) is 25.7 Å². The predicted molar refractivity (Wildman–Crippen MR) is 89.7 cm³/mol. The summed E-state index contributed by atoms with van der Waals surface area (Å²) in [6.07, 6.45) is 2.81. The summed E-state index contributed by atoms with van der Waals surface area (Å²) in [6, 6.07) is 4.87. The fraction of sp³-hybridized carbons (Fsp3) is 0.429. The molecule has 0 heterocycles. The topological polar surface area (TPSA) is 78.4 Å². The van der Waals surface area contributed by atoms with Gasteiger partial charge in [-0.1, -0.05) is 18.0 Å². The monoisotopic (exact) mass is 422 g/mol. The lowest BCUT2D eigenvalue weighted by atomic mass is 9.66. The number of hydrogen-bond donors (Lipinski definition) is 3. The lowest BCUT2D eigenvalue weighted by Gasteiger charge is -2.40. The highest BCUT2D eigenvalue weighted by molar-refractivity contribution is 14.1. The molecule has 2 amide bonds. The normalized spacial score (nSPS) is 15.9. The van der Waals surface area contributed by atoms with E-state index in [4.69, 9.17) is 16.7 Å². The third-order valence-corrected chi connectivity index (χ3v) is 4.87. The van der Waals surface area contributed by atoms with Crippen LogP contribution in [0.15, 0.2) is 18.2 Å². The van der Waals surface area contributed by atoms with E-state index in [-0.39, 0.29) is 17.9 Å². The molecule has 1 aromatic carbocycles. The Labute approximate surface area is 141 Å². The first-order valence-corrected chi connectivity index (χ1v) is 8.08. The second-order valence-corrected chi connectivity index (χ2v) is 6.95. The average Bonchev–Trinajstić information content (AvgIpc) is 2.35. The van der Waals surface area contributed by atoms with Gasteiger partial charge < -0.3 is 15.7 Å². The first-order valence-electron chi connectivity index (χ1n) is 6.62. The zero-order valence-corrected chi connectivity index (χ0v) is 14.2. The third kappa shape index (κ3) is 4.47. The molecule has 0 saturated heterocycles. The number of carboxylic acids is 1. The summed E-state index contributed by atoms with van der Waals surface area (Å²) >= 11 is 7.95. The number of amides is 2. The van der Waals surface area contributed by atoms with Crippen molar-refractivity contribution in [1.29, 1.82) is 0 Å². The highest BCUT2D eigenvalue weighted by Gasteiger charge is 2.39. The van der Waals surface area contributed by atoms with Gasteiger partial charge in [0.15, 0.2) is 0 Å². The van der Waals surface area contributed by atoms with Crippen LogP contribution in [0.25, 0.3) is 0 Å². The maximum atomic E-state index is 11.9. The number of benzene rings is 1. The van der Waals surface area contributed by atoms with Crippen molar-refractivity contribution in [2.24, 2.45) is 5.41 Å². The van der Waals surface area contributed by atoms with E-state index < -0.39 is 5.97 Å². The minimum atomic E-state index is -0.816. The number of halogens is 2. The third-order valence-electron chi connectivity index (χ3n) is 3.74. The lowest BCUT2D eigenvalue weighted by molar-refractivity contribution is -0.141. The molecule has 114 valence electrons. The predicted octanol–water partition coefficient (Wildman–Crippen LogP) is 3.71. The largest absolute Gasteiger partial charge is 0.481 e. The van der Waals surface area contributed by atoms with Crippen molar-refractivity contribution >= 4 is 51.9 Å². The lowest BCUT2D eigenvalue weighted by Crippen LogP contribution is -2.44. The van der Waals surface area contributed by atoms with Gasteiger partial charge in [-0.3, -0.25) is 4.79 Å². The van der Waals surface area contributed by atoms with Gasteiger partial charge in [-0.2, -0.15) is 0 Å². The van der Waals surface area contributed by atoms with E-state index in [1.165, 1.54) is 0 Å². The minimum Gasteiger partial charge on any atom is -0.481 e. The number of rotatable bonds is 5. The summed E-state index contributed by atoms with van der Waals surface area (Å²) in [7, 11) is 0. The van der Waals surface area contributed by atoms with E-state index in [2.05, 4.69) is 33.2 Å². The molecular weight excluding hydrogens is 407 g/mol. The van der Waals surface area contributed by atoms with Gasteiger partial charge in [-0.05, 0) is 59.0 Å². The standard InChI is InChI=1S/C14H16ClIN2O3/c15-9-2-3-11(10(16)6-9)18-13(21)17-8-14(4-1-5-14)7-12(19)20/h2-3,6H,1,4-5,7-8H2,(H,19,20)(H2,17,18,21). The van der Waals surface area contributed by atoms with Crippen LogP contribution in [-0.2, 0) is 4.79 Å². The SMILES string of the molecule is O=C(O)CC1(CNC(=O)Nc2ccc(Cl)cc2I)CCC1. The van der Waals surface area contributed by atoms with Crippen molar-refractivity contribution in [2.75, 3.05) is 11.9 Å². The maximum absolute atomic E-state index is 11.9. The van der Waals surface area contributed by atoms with Crippen LogP contribution in [0.3, 0.4) is 0 Å². The molecule has 5 nitrogen and oxygen atoms in total. The second-order valence-electron chi connectivity index (χ2n) is 5.36. The van der Waals surface area contributed by atoms with Crippen molar-refractivity contribution in [2.45, 2.75) is 25.7 Å². The molecule has 0 bridgehead atoms. The molecule has 0 atom stereocenters. The fourth-order valence-corrected chi connectivity index (χ4v) is 3.45. The van der Waals surface area contributed by atoms with Crippen molar-refractivity contribution in [3.63, 3.8) is 0 Å². The Morgan fingerprint density at radius 1 is 1.38 bits per heavy atom. The van der Waals surface area contributed by atoms with Gasteiger partial charge in [0.25, 0.3) is 0 Å². The van der Waals surface area contributed by atoms with Crippen molar-refractivity contribution in [3.05, 3.63) is 26.8 Å². The molecule has 7 heteroatoms. The van der Waals surface area contributed by atoms with Gasteiger partial charge in [0.1, 0.15) is 0 Å². The molecule has 3 N–H and O–H groups in total. The smallest absolute Gasteiger partial charge is 0.319 e. The highest BCUT2D eigenvalue weighted by Crippen LogP contribution is 2.43. The molecule has 1 aromatic rings. The summed E-state index contributed by atoms with van der Waals surface area (Å²) in [5.74, 6) is -0.816. The summed E-state index contributed by atoms with van der Waals surface area (Å²) in [5, 5.41) is 15.1. The van der Waals surface area contributed by atoms with Crippen molar-refractivity contribution < 1.29 is 14.7 Å². The number of carbonyl (C=O) groups excluding carboxylic acids is 1. The van der Waals surface area contributed by atoms with Gasteiger partial charge in [0.05, 0.1) is 12.1 Å². The van der Waals surface area contributed by atoms with Crippen LogP contribution in [0.5, 0.6) is 0 Å². The zero-order valence-electron chi connectivity index (χ0n) is 11.3. The van der Waals surface area contributed by atoms with Gasteiger partial charge >= 0.3 is 12.0 Å². The Hall–Kier alpha value is -1.02. The summed E-state index contributed by atoms with van der Waals surface area (Å²) in [4.78, 5) is 22.8. The average molecular weight is 423 g/mol. The maximum Gasteiger partial charge on any atom is 0.319 e. The van der Waals surface area contributed by atoms with Crippen LogP contribution < -0.4 is 10.6 Å². The zero-order chi connectivity index (χ0) is 15.5. The molecule has 21 heavy (non-hydrogen) atoms. The first kappa shape index (κ1) is 16.4. The van der Waals surface area contributed by atoms with E-state index >= 15 is 0 Å². The summed E-state index contributed by atoms with van der Waals surface area (Å²) in [5.41, 5.74) is 0.398. The van der Waals surface area contributed by atoms with Gasteiger partial charge in [-0.25, -0.2) is 4.79 Å². The molecule has 0 radical (unpaired) electrons. The Kier molecular flexibility index (Phi) is 5.32. The molecule has 0 spiro atoms. The van der Waals surface area contributed by atoms with Crippen LogP contribution in [-0.4, -0.2) is 23.7 Å².